The molecule has 0 saturated heterocycles. The van der Waals surface area contributed by atoms with E-state index in [1.807, 2.05) is 12.1 Å². The highest BCUT2D eigenvalue weighted by molar-refractivity contribution is 5.37. The van der Waals surface area contributed by atoms with Gasteiger partial charge >= 0.3 is 0 Å². The first-order chi connectivity index (χ1) is 8.27. The Balaban J connectivity index is 2.60. The molecule has 1 rings (SSSR count). The summed E-state index contributed by atoms with van der Waals surface area (Å²) in [4.78, 5) is 0. The summed E-state index contributed by atoms with van der Waals surface area (Å²) in [7, 11) is 1.69. The first kappa shape index (κ1) is 13.6. The lowest BCUT2D eigenvalue weighted by molar-refractivity contribution is 0.199. The molecule has 0 unspecified atom stereocenters. The first-order valence-electron chi connectivity index (χ1n) is 5.63. The zero-order valence-electron chi connectivity index (χ0n) is 10.5. The fourth-order valence-electron chi connectivity index (χ4n) is 1.50. The molecule has 3 heteroatoms. The number of nitrogens with one attached hydrogen (secondary N) is 1. The van der Waals surface area contributed by atoms with E-state index in [0.29, 0.717) is 13.2 Å². The van der Waals surface area contributed by atoms with Crippen LogP contribution in [0.3, 0.4) is 0 Å². The minimum absolute atomic E-state index is 0.300. The van der Waals surface area contributed by atoms with Gasteiger partial charge in [0.2, 0.25) is 0 Å². The lowest BCUT2D eigenvalue weighted by Gasteiger charge is -2.11. The first-order valence-corrected chi connectivity index (χ1v) is 5.63. The fourth-order valence-corrected chi connectivity index (χ4v) is 1.50. The van der Waals surface area contributed by atoms with Crippen LogP contribution in [0.5, 0.6) is 5.75 Å². The molecule has 3 nitrogen and oxygen atoms in total. The molecule has 17 heavy (non-hydrogen) atoms. The number of hydrogen-bond acceptors (Lipinski definition) is 3. The Bertz CT molecular complexity index is 382. The average Bonchev–Trinajstić information content (AvgIpc) is 2.33. The van der Waals surface area contributed by atoms with Gasteiger partial charge < -0.3 is 14.8 Å². The van der Waals surface area contributed by atoms with Crippen molar-refractivity contribution in [3.05, 3.63) is 29.3 Å². The van der Waals surface area contributed by atoms with Crippen LogP contribution < -0.4 is 10.1 Å². The average molecular weight is 233 g/mol. The minimum Gasteiger partial charge on any atom is -0.481 e. The van der Waals surface area contributed by atoms with Crippen molar-refractivity contribution in [3.8, 4) is 18.1 Å². The van der Waals surface area contributed by atoms with Crippen molar-refractivity contribution in [3.63, 3.8) is 0 Å². The summed E-state index contributed by atoms with van der Waals surface area (Å²) in [5, 5.41) is 3.29. The van der Waals surface area contributed by atoms with Crippen molar-refractivity contribution >= 4 is 0 Å². The molecule has 0 amide bonds. The molecule has 0 aliphatic carbocycles. The van der Waals surface area contributed by atoms with E-state index in [9.17, 15) is 0 Å². The van der Waals surface area contributed by atoms with E-state index >= 15 is 0 Å². The molecule has 0 aliphatic rings. The molecule has 0 heterocycles. The standard InChI is InChI=1S/C14H19NO2/c1-4-8-17-14-6-5-12(2)10-13(14)11-15-7-9-16-3/h1,5-6,10,15H,7-9,11H2,2-3H3. The Kier molecular flexibility index (Phi) is 6.16. The van der Waals surface area contributed by atoms with Gasteiger partial charge in [-0.25, -0.2) is 0 Å². The number of terminal acetylenes is 1. The molecular weight excluding hydrogens is 214 g/mol. The third kappa shape index (κ3) is 4.90. The van der Waals surface area contributed by atoms with Gasteiger partial charge in [0.15, 0.2) is 0 Å². The van der Waals surface area contributed by atoms with E-state index in [4.69, 9.17) is 15.9 Å². The second-order valence-electron chi connectivity index (χ2n) is 3.77. The van der Waals surface area contributed by atoms with Crippen LogP contribution in [0.2, 0.25) is 0 Å². The van der Waals surface area contributed by atoms with Gasteiger partial charge in [0.05, 0.1) is 6.61 Å². The lowest BCUT2D eigenvalue weighted by Crippen LogP contribution is -2.19. The normalized spacial score (nSPS) is 9.94. The number of rotatable bonds is 7. The molecule has 0 aromatic heterocycles. The second-order valence-corrected chi connectivity index (χ2v) is 3.77. The van der Waals surface area contributed by atoms with E-state index in [0.717, 1.165) is 24.4 Å². The predicted molar refractivity (Wildman–Crippen MR) is 69.1 cm³/mol. The van der Waals surface area contributed by atoms with Crippen molar-refractivity contribution in [1.29, 1.82) is 0 Å². The highest BCUT2D eigenvalue weighted by Crippen LogP contribution is 2.19. The zero-order chi connectivity index (χ0) is 12.5. The highest BCUT2D eigenvalue weighted by Gasteiger charge is 2.03. The predicted octanol–water partition coefficient (Wildman–Crippen LogP) is 1.74. The molecule has 1 N–H and O–H groups in total. The number of methoxy groups -OCH3 is 1. The van der Waals surface area contributed by atoms with Gasteiger partial charge in [-0.2, -0.15) is 0 Å². The number of aryl methyl sites for hydroxylation is 1. The summed E-state index contributed by atoms with van der Waals surface area (Å²) in [6.45, 7) is 4.63. The maximum Gasteiger partial charge on any atom is 0.148 e. The van der Waals surface area contributed by atoms with Gasteiger partial charge in [-0.3, -0.25) is 0 Å². The van der Waals surface area contributed by atoms with Crippen LogP contribution in [0, 0.1) is 19.3 Å². The van der Waals surface area contributed by atoms with Gasteiger partial charge in [0.1, 0.15) is 12.4 Å². The minimum atomic E-state index is 0.300. The molecule has 0 fully saturated rings. The van der Waals surface area contributed by atoms with Crippen molar-refractivity contribution in [2.75, 3.05) is 26.9 Å². The summed E-state index contributed by atoms with van der Waals surface area (Å²) < 4.78 is 10.5. The van der Waals surface area contributed by atoms with Crippen molar-refractivity contribution in [1.82, 2.24) is 5.32 Å². The Morgan fingerprint density at radius 1 is 1.41 bits per heavy atom. The lowest BCUT2D eigenvalue weighted by atomic mass is 10.1. The maximum absolute atomic E-state index is 5.49. The van der Waals surface area contributed by atoms with E-state index in [1.165, 1.54) is 5.56 Å². The summed E-state index contributed by atoms with van der Waals surface area (Å²) >= 11 is 0. The molecule has 1 aromatic rings. The van der Waals surface area contributed by atoms with E-state index in [-0.39, 0.29) is 0 Å². The van der Waals surface area contributed by atoms with Crippen LogP contribution in [0.25, 0.3) is 0 Å². The smallest absolute Gasteiger partial charge is 0.148 e. The quantitative estimate of drug-likeness (QED) is 0.575. The van der Waals surface area contributed by atoms with Crippen molar-refractivity contribution in [2.45, 2.75) is 13.5 Å². The monoisotopic (exact) mass is 233 g/mol. The molecule has 0 bridgehead atoms. The van der Waals surface area contributed by atoms with Gasteiger partial charge in [-0.1, -0.05) is 23.6 Å². The zero-order valence-corrected chi connectivity index (χ0v) is 10.5. The topological polar surface area (TPSA) is 30.5 Å². The van der Waals surface area contributed by atoms with E-state index in [2.05, 4.69) is 24.2 Å². The second kappa shape index (κ2) is 7.72. The van der Waals surface area contributed by atoms with Gasteiger partial charge in [0, 0.05) is 25.8 Å². The Labute approximate surface area is 103 Å². The van der Waals surface area contributed by atoms with Gasteiger partial charge in [0.25, 0.3) is 0 Å². The van der Waals surface area contributed by atoms with Gasteiger partial charge in [-0.15, -0.1) is 6.42 Å². The molecule has 0 aliphatic heterocycles. The number of benzene rings is 1. The number of ether oxygens (including phenoxy) is 2. The third-order valence-electron chi connectivity index (χ3n) is 2.33. The third-order valence-corrected chi connectivity index (χ3v) is 2.33. The molecule has 0 radical (unpaired) electrons. The van der Waals surface area contributed by atoms with Crippen LogP contribution in [0.1, 0.15) is 11.1 Å². The molecule has 1 aromatic carbocycles. The fraction of sp³-hybridized carbons (Fsp3) is 0.429. The highest BCUT2D eigenvalue weighted by atomic mass is 16.5. The van der Waals surface area contributed by atoms with Crippen molar-refractivity contribution < 1.29 is 9.47 Å². The van der Waals surface area contributed by atoms with Crippen molar-refractivity contribution in [2.24, 2.45) is 0 Å². The molecule has 0 spiro atoms. The molecule has 0 saturated carbocycles. The van der Waals surface area contributed by atoms with E-state index < -0.39 is 0 Å². The summed E-state index contributed by atoms with van der Waals surface area (Å²) in [5.74, 6) is 3.32. The SMILES string of the molecule is C#CCOc1ccc(C)cc1CNCCOC. The number of hydrogen-bond donors (Lipinski definition) is 1. The molecular formula is C14H19NO2. The van der Waals surface area contributed by atoms with E-state index in [1.54, 1.807) is 7.11 Å². The van der Waals surface area contributed by atoms with Crippen LogP contribution in [-0.4, -0.2) is 26.9 Å². The van der Waals surface area contributed by atoms with Crippen LogP contribution in [-0.2, 0) is 11.3 Å². The maximum atomic E-state index is 5.49. The Morgan fingerprint density at radius 2 is 2.24 bits per heavy atom. The molecule has 0 atom stereocenters. The largest absolute Gasteiger partial charge is 0.481 e. The van der Waals surface area contributed by atoms with Crippen LogP contribution in [0.4, 0.5) is 0 Å². The van der Waals surface area contributed by atoms with Crippen LogP contribution in [0.15, 0.2) is 18.2 Å². The van der Waals surface area contributed by atoms with Gasteiger partial charge in [-0.05, 0) is 13.0 Å². The van der Waals surface area contributed by atoms with Crippen LogP contribution >= 0.6 is 0 Å². The Morgan fingerprint density at radius 3 is 2.94 bits per heavy atom. The summed E-state index contributed by atoms with van der Waals surface area (Å²) in [5.41, 5.74) is 2.33. The summed E-state index contributed by atoms with van der Waals surface area (Å²) in [6.07, 6.45) is 5.19. The summed E-state index contributed by atoms with van der Waals surface area (Å²) in [6, 6.07) is 6.08. The Hall–Kier alpha value is -1.50. The molecule has 92 valence electrons.